The number of Topliss-reactive ketones (excluding diaryl/α,β-unsaturated/α-hetero) is 1. The van der Waals surface area contributed by atoms with E-state index in [0.29, 0.717) is 5.69 Å². The van der Waals surface area contributed by atoms with E-state index in [1.54, 1.807) is 6.92 Å². The summed E-state index contributed by atoms with van der Waals surface area (Å²) in [6.07, 6.45) is -0.0427. The lowest BCUT2D eigenvalue weighted by Gasteiger charge is -2.31. The van der Waals surface area contributed by atoms with Crippen LogP contribution in [0.4, 0.5) is 10.1 Å². The molecule has 1 amide bonds. The zero-order valence-electron chi connectivity index (χ0n) is 15.7. The summed E-state index contributed by atoms with van der Waals surface area (Å²) in [5.41, 5.74) is -1.85. The Hall–Kier alpha value is -3.59. The number of aromatic nitrogens is 1. The normalized spacial score (nSPS) is 24.3. The van der Waals surface area contributed by atoms with Crippen LogP contribution >= 0.6 is 0 Å². The number of ketones is 1. The lowest BCUT2D eigenvalue weighted by Crippen LogP contribution is -2.44. The first-order valence-corrected chi connectivity index (χ1v) is 9.32. The van der Waals surface area contributed by atoms with Crippen molar-refractivity contribution in [3.05, 3.63) is 68.4 Å². The predicted octanol–water partition coefficient (Wildman–Crippen LogP) is 1.24. The van der Waals surface area contributed by atoms with Crippen molar-refractivity contribution >= 4 is 28.9 Å². The molecule has 30 heavy (non-hydrogen) atoms. The van der Waals surface area contributed by atoms with Crippen LogP contribution in [0.15, 0.2) is 34.6 Å². The predicted molar refractivity (Wildman–Crippen MR) is 101 cm³/mol. The third-order valence-electron chi connectivity index (χ3n) is 5.89. The molecular weight excluding hydrogens is 395 g/mol. The molecule has 1 aromatic heterocycles. The molecule has 2 aromatic rings. The molecule has 0 saturated carbocycles. The van der Waals surface area contributed by atoms with Crippen molar-refractivity contribution in [2.75, 3.05) is 5.32 Å². The fourth-order valence-electron chi connectivity index (χ4n) is 4.26. The van der Waals surface area contributed by atoms with Crippen molar-refractivity contribution in [3.8, 4) is 0 Å². The van der Waals surface area contributed by atoms with E-state index >= 15 is 0 Å². The number of fused-ring (bicyclic) bond motifs is 3. The molecule has 0 radical (unpaired) electrons. The van der Waals surface area contributed by atoms with Gasteiger partial charge in [-0.05, 0) is 30.7 Å². The first-order chi connectivity index (χ1) is 14.3. The van der Waals surface area contributed by atoms with Crippen LogP contribution in [0.5, 0.6) is 0 Å². The standard InChI is InChI=1S/C21H15FN2O6/c1-2-21(29)13-6-15-17(25)11(7-24(15)19(27)12(13)8-30-20(21)28)16-10-5-9(22)3-4-14(10)23-18(16)26/h3-6,29H,2,7-8H2,1H3,(H,23,26)/b16-11-/t21-/m0/s1. The Morgan fingerprint density at radius 2 is 2.00 bits per heavy atom. The summed E-state index contributed by atoms with van der Waals surface area (Å²) >= 11 is 0. The molecule has 5 rings (SSSR count). The number of nitrogens with zero attached hydrogens (tertiary/aromatic N) is 1. The number of pyridine rings is 1. The number of carbonyl (C=O) groups is 3. The molecule has 0 unspecified atom stereocenters. The van der Waals surface area contributed by atoms with Gasteiger partial charge >= 0.3 is 5.97 Å². The van der Waals surface area contributed by atoms with Crippen molar-refractivity contribution in [2.24, 2.45) is 0 Å². The van der Waals surface area contributed by atoms with Crippen LogP contribution in [0, 0.1) is 5.82 Å². The molecular formula is C21H15FN2O6. The van der Waals surface area contributed by atoms with E-state index in [9.17, 15) is 28.7 Å². The van der Waals surface area contributed by atoms with Gasteiger partial charge in [-0.2, -0.15) is 0 Å². The van der Waals surface area contributed by atoms with Gasteiger partial charge in [-0.25, -0.2) is 9.18 Å². The summed E-state index contributed by atoms with van der Waals surface area (Å²) in [6.45, 7) is 1.06. The summed E-state index contributed by atoms with van der Waals surface area (Å²) in [6, 6.07) is 5.06. The molecule has 9 heteroatoms. The van der Waals surface area contributed by atoms with Gasteiger partial charge in [0, 0.05) is 22.4 Å². The van der Waals surface area contributed by atoms with Crippen LogP contribution in [0.3, 0.4) is 0 Å². The number of ether oxygens (including phenoxy) is 1. The molecule has 1 aromatic carbocycles. The first-order valence-electron chi connectivity index (χ1n) is 9.32. The fraction of sp³-hybridized carbons (Fsp3) is 0.238. The van der Waals surface area contributed by atoms with Crippen molar-refractivity contribution in [3.63, 3.8) is 0 Å². The number of rotatable bonds is 1. The molecule has 0 aliphatic carbocycles. The van der Waals surface area contributed by atoms with Gasteiger partial charge in [0.05, 0.1) is 23.4 Å². The monoisotopic (exact) mass is 410 g/mol. The Balaban J connectivity index is 1.73. The van der Waals surface area contributed by atoms with Crippen LogP contribution in [-0.4, -0.2) is 27.3 Å². The van der Waals surface area contributed by atoms with Crippen LogP contribution in [0.2, 0.25) is 0 Å². The highest BCUT2D eigenvalue weighted by Crippen LogP contribution is 2.39. The number of hydrogen-bond donors (Lipinski definition) is 2. The molecule has 3 aliphatic rings. The second-order valence-electron chi connectivity index (χ2n) is 7.43. The summed E-state index contributed by atoms with van der Waals surface area (Å²) < 4.78 is 19.9. The molecule has 0 spiro atoms. The van der Waals surface area contributed by atoms with E-state index < -0.39 is 34.6 Å². The zero-order chi connectivity index (χ0) is 21.4. The van der Waals surface area contributed by atoms with Gasteiger partial charge < -0.3 is 19.7 Å². The molecule has 0 fully saturated rings. The lowest BCUT2D eigenvalue weighted by molar-refractivity contribution is -0.172. The summed E-state index contributed by atoms with van der Waals surface area (Å²) in [4.78, 5) is 50.8. The number of hydrogen-bond acceptors (Lipinski definition) is 6. The average molecular weight is 410 g/mol. The zero-order valence-corrected chi connectivity index (χ0v) is 15.7. The number of carbonyl (C=O) groups excluding carboxylic acids is 3. The van der Waals surface area contributed by atoms with E-state index in [-0.39, 0.29) is 53.1 Å². The number of benzene rings is 1. The highest BCUT2D eigenvalue weighted by atomic mass is 19.1. The SMILES string of the molecule is CC[C@@]1(O)C(=O)OCc2c1cc1n(c2=O)C/C(=C2/C(=O)Nc3ccc(F)cc32)C1=O. The van der Waals surface area contributed by atoms with Crippen LogP contribution in [0.1, 0.15) is 40.5 Å². The number of esters is 1. The van der Waals surface area contributed by atoms with Gasteiger partial charge in [0.25, 0.3) is 11.5 Å². The second-order valence-corrected chi connectivity index (χ2v) is 7.43. The molecule has 3 aliphatic heterocycles. The highest BCUT2D eigenvalue weighted by Gasteiger charge is 2.46. The Kier molecular flexibility index (Phi) is 3.66. The highest BCUT2D eigenvalue weighted by molar-refractivity contribution is 6.37. The van der Waals surface area contributed by atoms with Gasteiger partial charge in [0.1, 0.15) is 12.4 Å². The minimum absolute atomic E-state index is 0.00801. The topological polar surface area (TPSA) is 115 Å². The maximum Gasteiger partial charge on any atom is 0.343 e. The van der Waals surface area contributed by atoms with Gasteiger partial charge in [0.2, 0.25) is 5.78 Å². The molecule has 8 nitrogen and oxygen atoms in total. The van der Waals surface area contributed by atoms with Gasteiger partial charge in [-0.3, -0.25) is 14.4 Å². The second kappa shape index (κ2) is 5.96. The van der Waals surface area contributed by atoms with Crippen LogP contribution < -0.4 is 10.9 Å². The number of nitrogens with one attached hydrogen (secondary N) is 1. The summed E-state index contributed by atoms with van der Waals surface area (Å²) in [7, 11) is 0. The summed E-state index contributed by atoms with van der Waals surface area (Å²) in [5.74, 6) is -2.60. The molecule has 1 atom stereocenters. The van der Waals surface area contributed by atoms with Gasteiger partial charge in [-0.15, -0.1) is 0 Å². The van der Waals surface area contributed by atoms with E-state index in [1.165, 1.54) is 22.8 Å². The minimum Gasteiger partial charge on any atom is -0.458 e. The van der Waals surface area contributed by atoms with Crippen molar-refractivity contribution in [2.45, 2.75) is 32.1 Å². The number of cyclic esters (lactones) is 1. The summed E-state index contributed by atoms with van der Waals surface area (Å²) in [5, 5.41) is 13.4. The van der Waals surface area contributed by atoms with E-state index in [2.05, 4.69) is 5.32 Å². The molecule has 4 heterocycles. The average Bonchev–Trinajstić information content (AvgIpc) is 3.21. The van der Waals surface area contributed by atoms with E-state index in [4.69, 9.17) is 4.74 Å². The maximum absolute atomic E-state index is 13.8. The Labute approximate surface area is 168 Å². The number of amides is 1. The number of allylic oxidation sites excluding steroid dienone is 1. The molecule has 0 bridgehead atoms. The van der Waals surface area contributed by atoms with Crippen molar-refractivity contribution < 1.29 is 28.6 Å². The van der Waals surface area contributed by atoms with Gasteiger partial charge in [-0.1, -0.05) is 6.92 Å². The Morgan fingerprint density at radius 3 is 2.73 bits per heavy atom. The largest absolute Gasteiger partial charge is 0.458 e. The van der Waals surface area contributed by atoms with Gasteiger partial charge in [0.15, 0.2) is 5.60 Å². The van der Waals surface area contributed by atoms with E-state index in [1.807, 2.05) is 0 Å². The third-order valence-corrected chi connectivity index (χ3v) is 5.89. The molecule has 0 saturated heterocycles. The smallest absolute Gasteiger partial charge is 0.343 e. The van der Waals surface area contributed by atoms with Crippen molar-refractivity contribution in [1.82, 2.24) is 4.57 Å². The van der Waals surface area contributed by atoms with Crippen LogP contribution in [0.25, 0.3) is 5.57 Å². The Bertz CT molecular complexity index is 1290. The Morgan fingerprint density at radius 1 is 1.23 bits per heavy atom. The van der Waals surface area contributed by atoms with E-state index in [0.717, 1.165) is 6.07 Å². The third kappa shape index (κ3) is 2.23. The maximum atomic E-state index is 13.8. The number of halogens is 1. The lowest BCUT2D eigenvalue weighted by atomic mass is 9.86. The minimum atomic E-state index is -2.03. The number of aliphatic hydroxyl groups is 1. The first kappa shape index (κ1) is 18.4. The fourth-order valence-corrected chi connectivity index (χ4v) is 4.26. The molecule has 152 valence electrons. The van der Waals surface area contributed by atoms with Crippen LogP contribution in [-0.2, 0) is 33.1 Å². The quantitative estimate of drug-likeness (QED) is 0.540. The molecule has 2 N–H and O–H groups in total. The van der Waals surface area contributed by atoms with Crippen molar-refractivity contribution in [1.29, 1.82) is 0 Å². The number of anilines is 1.